The van der Waals surface area contributed by atoms with Crippen molar-refractivity contribution < 1.29 is 19.4 Å². The molecule has 9 heteroatoms. The number of aliphatic imine (C=N–C) groups is 1. The lowest BCUT2D eigenvalue weighted by molar-refractivity contribution is -0.385. The maximum absolute atomic E-state index is 11.9. The number of nitrogens with zero attached hydrogens (tertiary/aromatic N) is 3. The van der Waals surface area contributed by atoms with Crippen LogP contribution in [0.3, 0.4) is 0 Å². The second-order valence-corrected chi connectivity index (χ2v) is 5.34. The van der Waals surface area contributed by atoms with E-state index < -0.39 is 15.8 Å². The predicted octanol–water partition coefficient (Wildman–Crippen LogP) is 3.40. The van der Waals surface area contributed by atoms with Gasteiger partial charge >= 0.3 is 5.97 Å². The zero-order chi connectivity index (χ0) is 19.4. The molecule has 0 N–H and O–H groups in total. The van der Waals surface area contributed by atoms with E-state index in [9.17, 15) is 25.0 Å². The molecule has 0 spiro atoms. The van der Waals surface area contributed by atoms with Crippen molar-refractivity contribution in [1.29, 1.82) is 0 Å². The maximum atomic E-state index is 11.9. The molecule has 134 valence electrons. The smallest absolute Gasteiger partial charge is 0.363 e. The minimum Gasteiger partial charge on any atom is -0.402 e. The van der Waals surface area contributed by atoms with Crippen molar-refractivity contribution in [2.75, 3.05) is 0 Å². The van der Waals surface area contributed by atoms with Gasteiger partial charge in [0.1, 0.15) is 0 Å². The summed E-state index contributed by atoms with van der Waals surface area (Å²) in [6.45, 7) is 0. The predicted molar refractivity (Wildman–Crippen MR) is 95.9 cm³/mol. The maximum Gasteiger partial charge on any atom is 0.363 e. The SMILES string of the molecule is O=C1OC(c2ccc([N+](=O)[O-])cc2)=N/C1=C/C=C\c1ccccc1[N+](=O)[O-]. The molecule has 0 amide bonds. The number of hydrogen-bond donors (Lipinski definition) is 0. The minimum atomic E-state index is -0.685. The van der Waals surface area contributed by atoms with Crippen LogP contribution in [0.5, 0.6) is 0 Å². The van der Waals surface area contributed by atoms with E-state index in [-0.39, 0.29) is 23.0 Å². The number of nitro groups is 2. The third kappa shape index (κ3) is 3.93. The monoisotopic (exact) mass is 365 g/mol. The van der Waals surface area contributed by atoms with Gasteiger partial charge < -0.3 is 4.74 Å². The molecule has 0 saturated heterocycles. The summed E-state index contributed by atoms with van der Waals surface area (Å²) in [5.41, 5.74) is 0.659. The molecule has 0 bridgehead atoms. The fourth-order valence-electron chi connectivity index (χ4n) is 2.31. The molecule has 9 nitrogen and oxygen atoms in total. The van der Waals surface area contributed by atoms with Crippen LogP contribution in [0.2, 0.25) is 0 Å². The van der Waals surface area contributed by atoms with Gasteiger partial charge in [0.2, 0.25) is 5.90 Å². The lowest BCUT2D eigenvalue weighted by Gasteiger charge is -1.98. The number of carbonyl (C=O) groups excluding carboxylic acids is 1. The number of esters is 1. The van der Waals surface area contributed by atoms with Crippen molar-refractivity contribution in [3.05, 3.63) is 97.7 Å². The summed E-state index contributed by atoms with van der Waals surface area (Å²) in [5.74, 6) is -0.657. The van der Waals surface area contributed by atoms with Crippen molar-refractivity contribution in [2.45, 2.75) is 0 Å². The highest BCUT2D eigenvalue weighted by Crippen LogP contribution is 2.21. The molecule has 27 heavy (non-hydrogen) atoms. The van der Waals surface area contributed by atoms with Crippen LogP contribution in [0, 0.1) is 20.2 Å². The normalized spacial score (nSPS) is 15.0. The van der Waals surface area contributed by atoms with E-state index in [1.54, 1.807) is 18.2 Å². The van der Waals surface area contributed by atoms with Crippen LogP contribution in [0.4, 0.5) is 11.4 Å². The Morgan fingerprint density at radius 1 is 0.963 bits per heavy atom. The standard InChI is InChI=1S/C18H11N3O6/c22-18-15(6-3-5-12-4-1-2-7-16(12)21(25)26)19-17(27-18)13-8-10-14(11-9-13)20(23)24/h1-11H/b5-3-,15-6+. The molecule has 0 saturated carbocycles. The molecule has 1 aliphatic heterocycles. The van der Waals surface area contributed by atoms with Crippen LogP contribution in [0.15, 0.2) is 71.4 Å². The second-order valence-electron chi connectivity index (χ2n) is 5.34. The summed E-state index contributed by atoms with van der Waals surface area (Å²) in [6.07, 6.45) is 4.32. The van der Waals surface area contributed by atoms with Crippen LogP contribution < -0.4 is 0 Å². The highest BCUT2D eigenvalue weighted by molar-refractivity contribution is 6.11. The van der Waals surface area contributed by atoms with Gasteiger partial charge in [-0.1, -0.05) is 18.2 Å². The first kappa shape index (κ1) is 17.7. The average molecular weight is 365 g/mol. The molecule has 0 atom stereocenters. The third-order valence-corrected chi connectivity index (χ3v) is 3.61. The highest BCUT2D eigenvalue weighted by atomic mass is 16.6. The first-order valence-electron chi connectivity index (χ1n) is 7.63. The molecule has 0 radical (unpaired) electrons. The average Bonchev–Trinajstić information content (AvgIpc) is 3.03. The Balaban J connectivity index is 1.82. The largest absolute Gasteiger partial charge is 0.402 e. The van der Waals surface area contributed by atoms with Crippen LogP contribution in [0.25, 0.3) is 6.08 Å². The van der Waals surface area contributed by atoms with Gasteiger partial charge in [-0.05, 0) is 30.4 Å². The summed E-state index contributed by atoms with van der Waals surface area (Å²) in [4.78, 5) is 36.6. The second kappa shape index (κ2) is 7.40. The molecule has 2 aromatic carbocycles. The number of benzene rings is 2. The van der Waals surface area contributed by atoms with Crippen LogP contribution >= 0.6 is 0 Å². The quantitative estimate of drug-likeness (QED) is 0.346. The zero-order valence-corrected chi connectivity index (χ0v) is 13.6. The number of cyclic esters (lactones) is 1. The van der Waals surface area contributed by atoms with Crippen molar-refractivity contribution in [3.8, 4) is 0 Å². The van der Waals surface area contributed by atoms with E-state index >= 15 is 0 Å². The Hall–Kier alpha value is -4.14. The minimum absolute atomic E-state index is 0.0122. The molecule has 3 rings (SSSR count). The van der Waals surface area contributed by atoms with Crippen LogP contribution in [-0.4, -0.2) is 21.7 Å². The van der Waals surface area contributed by atoms with Crippen molar-refractivity contribution in [3.63, 3.8) is 0 Å². The Labute approximate surface area is 152 Å². The molecule has 2 aromatic rings. The Morgan fingerprint density at radius 3 is 2.33 bits per heavy atom. The molecular formula is C18H11N3O6. The number of hydrogen-bond acceptors (Lipinski definition) is 7. The third-order valence-electron chi connectivity index (χ3n) is 3.61. The molecule has 0 fully saturated rings. The number of ether oxygens (including phenoxy) is 1. The zero-order valence-electron chi connectivity index (χ0n) is 13.6. The summed E-state index contributed by atoms with van der Waals surface area (Å²) in [5, 5.41) is 21.6. The van der Waals surface area contributed by atoms with Crippen molar-refractivity contribution >= 4 is 29.3 Å². The summed E-state index contributed by atoms with van der Waals surface area (Å²) >= 11 is 0. The Kier molecular flexibility index (Phi) is 4.84. The molecular weight excluding hydrogens is 354 g/mol. The number of non-ortho nitro benzene ring substituents is 1. The lowest BCUT2D eigenvalue weighted by Crippen LogP contribution is -2.05. The number of nitro benzene ring substituents is 2. The van der Waals surface area contributed by atoms with Crippen molar-refractivity contribution in [1.82, 2.24) is 0 Å². The highest BCUT2D eigenvalue weighted by Gasteiger charge is 2.24. The van der Waals surface area contributed by atoms with Gasteiger partial charge in [-0.2, -0.15) is 0 Å². The summed E-state index contributed by atoms with van der Waals surface area (Å²) in [7, 11) is 0. The first-order valence-corrected chi connectivity index (χ1v) is 7.63. The number of allylic oxidation sites excluding steroid dienone is 2. The van der Waals surface area contributed by atoms with Crippen LogP contribution in [0.1, 0.15) is 11.1 Å². The molecule has 1 heterocycles. The lowest BCUT2D eigenvalue weighted by atomic mass is 10.1. The molecule has 1 aliphatic rings. The Morgan fingerprint density at radius 2 is 1.67 bits per heavy atom. The van der Waals surface area contributed by atoms with Gasteiger partial charge in [-0.25, -0.2) is 9.79 Å². The fourth-order valence-corrected chi connectivity index (χ4v) is 2.31. The van der Waals surface area contributed by atoms with Gasteiger partial charge in [0.25, 0.3) is 11.4 Å². The van der Waals surface area contributed by atoms with Gasteiger partial charge in [0.05, 0.1) is 15.4 Å². The summed E-state index contributed by atoms with van der Waals surface area (Å²) < 4.78 is 5.06. The molecule has 0 unspecified atom stereocenters. The molecule has 0 aliphatic carbocycles. The van der Waals surface area contributed by atoms with Crippen LogP contribution in [-0.2, 0) is 9.53 Å². The number of para-hydroxylation sites is 1. The van der Waals surface area contributed by atoms with Crippen molar-refractivity contribution in [2.24, 2.45) is 4.99 Å². The van der Waals surface area contributed by atoms with Gasteiger partial charge in [0.15, 0.2) is 5.70 Å². The number of rotatable bonds is 5. The van der Waals surface area contributed by atoms with Gasteiger partial charge in [-0.3, -0.25) is 20.2 Å². The fraction of sp³-hybridized carbons (Fsp3) is 0. The number of carbonyl (C=O) groups is 1. The van der Waals surface area contributed by atoms with E-state index in [0.717, 1.165) is 0 Å². The van der Waals surface area contributed by atoms with Gasteiger partial charge in [-0.15, -0.1) is 0 Å². The van der Waals surface area contributed by atoms with E-state index in [1.807, 2.05) is 0 Å². The van der Waals surface area contributed by atoms with E-state index in [1.165, 1.54) is 48.6 Å². The molecule has 0 aromatic heterocycles. The van der Waals surface area contributed by atoms with E-state index in [0.29, 0.717) is 11.1 Å². The summed E-state index contributed by atoms with van der Waals surface area (Å²) in [6, 6.07) is 11.6. The Bertz CT molecular complexity index is 1020. The topological polar surface area (TPSA) is 125 Å². The first-order chi connectivity index (χ1) is 13.0. The van der Waals surface area contributed by atoms with Gasteiger partial charge in [0, 0.05) is 23.8 Å². The van der Waals surface area contributed by atoms with E-state index in [2.05, 4.69) is 4.99 Å². The van der Waals surface area contributed by atoms with E-state index in [4.69, 9.17) is 4.74 Å².